The van der Waals surface area contributed by atoms with Crippen molar-refractivity contribution in [2.24, 2.45) is 0 Å². The fourth-order valence-corrected chi connectivity index (χ4v) is 4.08. The first-order chi connectivity index (χ1) is 15.5. The van der Waals surface area contributed by atoms with Crippen LogP contribution >= 0.6 is 0 Å². The number of alkyl halides is 2. The quantitative estimate of drug-likeness (QED) is 0.535. The van der Waals surface area contributed by atoms with Crippen LogP contribution < -0.4 is 18.9 Å². The minimum Gasteiger partial charge on any atom is -0.493 e. The van der Waals surface area contributed by atoms with Crippen molar-refractivity contribution in [2.45, 2.75) is 44.9 Å². The number of ether oxygens (including phenoxy) is 4. The van der Waals surface area contributed by atoms with E-state index in [2.05, 4.69) is 4.74 Å². The van der Waals surface area contributed by atoms with Crippen molar-refractivity contribution in [3.8, 4) is 23.0 Å². The number of hydrogen-bond donors (Lipinski definition) is 0. The predicted octanol–water partition coefficient (Wildman–Crippen LogP) is 5.01. The van der Waals surface area contributed by atoms with Gasteiger partial charge in [0.15, 0.2) is 23.0 Å². The highest BCUT2D eigenvalue weighted by Crippen LogP contribution is 2.34. The van der Waals surface area contributed by atoms with E-state index in [-0.39, 0.29) is 30.2 Å². The highest BCUT2D eigenvalue weighted by atomic mass is 19.3. The zero-order valence-electron chi connectivity index (χ0n) is 17.8. The van der Waals surface area contributed by atoms with Gasteiger partial charge in [0.05, 0.1) is 7.11 Å². The molecule has 1 heterocycles. The number of fused-ring (bicyclic) bond motifs is 1. The Morgan fingerprint density at radius 3 is 2.66 bits per heavy atom. The molecule has 0 aromatic heterocycles. The number of hydrogen-bond acceptors (Lipinski definition) is 5. The molecule has 2 aromatic carbocycles. The van der Waals surface area contributed by atoms with Gasteiger partial charge in [-0.25, -0.2) is 0 Å². The molecule has 0 radical (unpaired) electrons. The van der Waals surface area contributed by atoms with Crippen molar-refractivity contribution in [3.05, 3.63) is 53.6 Å². The van der Waals surface area contributed by atoms with Crippen molar-refractivity contribution < 1.29 is 32.5 Å². The van der Waals surface area contributed by atoms with Gasteiger partial charge < -0.3 is 23.8 Å². The second-order valence-corrected chi connectivity index (χ2v) is 7.71. The summed E-state index contributed by atoms with van der Waals surface area (Å²) >= 11 is 0. The van der Waals surface area contributed by atoms with Crippen LogP contribution in [0.3, 0.4) is 0 Å². The van der Waals surface area contributed by atoms with Gasteiger partial charge in [-0.2, -0.15) is 8.78 Å². The summed E-state index contributed by atoms with van der Waals surface area (Å²) in [5.74, 6) is 1.41. The van der Waals surface area contributed by atoms with Crippen LogP contribution in [0.5, 0.6) is 23.0 Å². The van der Waals surface area contributed by atoms with Gasteiger partial charge in [-0.1, -0.05) is 25.0 Å². The molecule has 4 rings (SSSR count). The molecule has 0 bridgehead atoms. The first-order valence-corrected chi connectivity index (χ1v) is 10.5. The Labute approximate surface area is 185 Å². The lowest BCUT2D eigenvalue weighted by Gasteiger charge is -2.28. The Balaban J connectivity index is 1.50. The largest absolute Gasteiger partial charge is 0.493 e. The molecule has 170 valence electrons. The summed E-state index contributed by atoms with van der Waals surface area (Å²) < 4.78 is 45.4. The molecule has 0 saturated heterocycles. The third kappa shape index (κ3) is 5.12. The number of benzene rings is 2. The molecule has 0 unspecified atom stereocenters. The SMILES string of the molecule is COc1cc(C=CC(=O)N(Cc2ccc3c(c2)OCO3)C2CCCC2)ccc1OC(F)F. The van der Waals surface area contributed by atoms with Gasteiger partial charge in [-0.15, -0.1) is 0 Å². The van der Waals surface area contributed by atoms with Gasteiger partial charge in [-0.3, -0.25) is 4.79 Å². The second-order valence-electron chi connectivity index (χ2n) is 7.71. The van der Waals surface area contributed by atoms with E-state index in [0.717, 1.165) is 31.2 Å². The van der Waals surface area contributed by atoms with E-state index in [0.29, 0.717) is 23.6 Å². The molecule has 0 atom stereocenters. The zero-order valence-corrected chi connectivity index (χ0v) is 17.8. The number of amides is 1. The predicted molar refractivity (Wildman–Crippen MR) is 114 cm³/mol. The third-order valence-electron chi connectivity index (χ3n) is 5.66. The van der Waals surface area contributed by atoms with E-state index in [4.69, 9.17) is 14.2 Å². The van der Waals surface area contributed by atoms with Crippen LogP contribution in [0.15, 0.2) is 42.5 Å². The highest BCUT2D eigenvalue weighted by Gasteiger charge is 2.26. The number of rotatable bonds is 8. The molecule has 8 heteroatoms. The smallest absolute Gasteiger partial charge is 0.387 e. The molecule has 1 saturated carbocycles. The van der Waals surface area contributed by atoms with Gasteiger partial charge in [0.25, 0.3) is 0 Å². The lowest BCUT2D eigenvalue weighted by molar-refractivity contribution is -0.128. The van der Waals surface area contributed by atoms with Gasteiger partial charge in [0.2, 0.25) is 12.7 Å². The minimum absolute atomic E-state index is 0.0543. The summed E-state index contributed by atoms with van der Waals surface area (Å²) in [6.45, 7) is -2.27. The van der Waals surface area contributed by atoms with Crippen molar-refractivity contribution in [2.75, 3.05) is 13.9 Å². The average Bonchev–Trinajstić information content (AvgIpc) is 3.48. The number of nitrogens with zero attached hydrogens (tertiary/aromatic N) is 1. The number of carbonyl (C=O) groups is 1. The Morgan fingerprint density at radius 1 is 1.12 bits per heavy atom. The lowest BCUT2D eigenvalue weighted by atomic mass is 10.1. The fraction of sp³-hybridized carbons (Fsp3) is 0.375. The molecule has 1 aliphatic carbocycles. The summed E-state index contributed by atoms with van der Waals surface area (Å²) in [5, 5.41) is 0. The Morgan fingerprint density at radius 2 is 1.91 bits per heavy atom. The topological polar surface area (TPSA) is 57.2 Å². The minimum atomic E-state index is -2.94. The molecule has 0 spiro atoms. The van der Waals surface area contributed by atoms with Crippen LogP contribution in [0, 0.1) is 0 Å². The maximum atomic E-state index is 13.1. The highest BCUT2D eigenvalue weighted by molar-refractivity contribution is 5.92. The normalized spacial score (nSPS) is 15.5. The Bertz CT molecular complexity index is 988. The molecular formula is C24H25F2NO5. The molecule has 2 aromatic rings. The van der Waals surface area contributed by atoms with Crippen LogP contribution in [0.1, 0.15) is 36.8 Å². The third-order valence-corrected chi connectivity index (χ3v) is 5.66. The lowest BCUT2D eigenvalue weighted by Crippen LogP contribution is -2.37. The monoisotopic (exact) mass is 445 g/mol. The summed E-state index contributed by atoms with van der Waals surface area (Å²) in [7, 11) is 1.37. The summed E-state index contributed by atoms with van der Waals surface area (Å²) in [6.07, 6.45) is 7.30. The summed E-state index contributed by atoms with van der Waals surface area (Å²) in [5.41, 5.74) is 1.62. The number of halogens is 2. The van der Waals surface area contributed by atoms with Gasteiger partial charge >= 0.3 is 6.61 Å². The summed E-state index contributed by atoms with van der Waals surface area (Å²) in [4.78, 5) is 15.0. The van der Waals surface area contributed by atoms with Gasteiger partial charge in [0, 0.05) is 18.7 Å². The van der Waals surface area contributed by atoms with Gasteiger partial charge in [-0.05, 0) is 54.3 Å². The molecule has 1 aliphatic heterocycles. The zero-order chi connectivity index (χ0) is 22.5. The van der Waals surface area contributed by atoms with E-state index >= 15 is 0 Å². The Kier molecular flexibility index (Phi) is 6.78. The first-order valence-electron chi connectivity index (χ1n) is 10.5. The molecule has 6 nitrogen and oxygen atoms in total. The van der Waals surface area contributed by atoms with E-state index in [1.807, 2.05) is 23.1 Å². The molecule has 0 N–H and O–H groups in total. The number of carbonyl (C=O) groups excluding carboxylic acids is 1. The average molecular weight is 445 g/mol. The van der Waals surface area contributed by atoms with Crippen LogP contribution in [-0.2, 0) is 11.3 Å². The molecular weight excluding hydrogens is 420 g/mol. The van der Waals surface area contributed by atoms with E-state index in [1.54, 1.807) is 18.2 Å². The number of methoxy groups -OCH3 is 1. The van der Waals surface area contributed by atoms with Crippen molar-refractivity contribution in [1.82, 2.24) is 4.90 Å². The van der Waals surface area contributed by atoms with Crippen molar-refractivity contribution >= 4 is 12.0 Å². The fourth-order valence-electron chi connectivity index (χ4n) is 4.08. The van der Waals surface area contributed by atoms with Crippen LogP contribution in [0.2, 0.25) is 0 Å². The first kappa shape index (κ1) is 21.9. The second kappa shape index (κ2) is 9.89. The van der Waals surface area contributed by atoms with E-state index < -0.39 is 6.61 Å². The van der Waals surface area contributed by atoms with Crippen LogP contribution in [0.25, 0.3) is 6.08 Å². The molecule has 32 heavy (non-hydrogen) atoms. The van der Waals surface area contributed by atoms with Crippen LogP contribution in [-0.4, -0.2) is 37.4 Å². The van der Waals surface area contributed by atoms with Crippen LogP contribution in [0.4, 0.5) is 8.78 Å². The van der Waals surface area contributed by atoms with Crippen molar-refractivity contribution in [1.29, 1.82) is 0 Å². The van der Waals surface area contributed by atoms with Crippen molar-refractivity contribution in [3.63, 3.8) is 0 Å². The maximum Gasteiger partial charge on any atom is 0.387 e. The Hall–Kier alpha value is -3.29. The van der Waals surface area contributed by atoms with E-state index in [1.165, 1.54) is 19.3 Å². The molecule has 2 aliphatic rings. The maximum absolute atomic E-state index is 13.1. The molecule has 1 fully saturated rings. The van der Waals surface area contributed by atoms with E-state index in [9.17, 15) is 13.6 Å². The molecule has 1 amide bonds. The van der Waals surface area contributed by atoms with Gasteiger partial charge in [0.1, 0.15) is 0 Å². The summed E-state index contributed by atoms with van der Waals surface area (Å²) in [6, 6.07) is 10.4. The standard InChI is InChI=1S/C24H25F2NO5/c1-29-21-12-16(6-10-20(21)32-24(25)26)8-11-23(28)27(18-4-2-3-5-18)14-17-7-9-19-22(13-17)31-15-30-19/h6-13,18,24H,2-5,14-15H2,1H3.